The molecule has 1 N–H and O–H groups in total. The maximum absolute atomic E-state index is 4.36. The van der Waals surface area contributed by atoms with Gasteiger partial charge in [-0.15, -0.1) is 5.10 Å². The molecule has 0 spiro atoms. The van der Waals surface area contributed by atoms with Gasteiger partial charge in [-0.1, -0.05) is 19.8 Å². The summed E-state index contributed by atoms with van der Waals surface area (Å²) in [5, 5.41) is 12.0. The van der Waals surface area contributed by atoms with Crippen LogP contribution in [0.2, 0.25) is 0 Å². The zero-order valence-electron chi connectivity index (χ0n) is 11.4. The molecule has 18 heavy (non-hydrogen) atoms. The Hall–Kier alpha value is -1.16. The maximum Gasteiger partial charge on any atom is 0.151 e. The van der Waals surface area contributed by atoms with Crippen LogP contribution in [-0.4, -0.2) is 29.8 Å². The Morgan fingerprint density at radius 3 is 2.50 bits per heavy atom. The van der Waals surface area contributed by atoms with Crippen molar-refractivity contribution >= 4 is 5.82 Å². The van der Waals surface area contributed by atoms with E-state index in [9.17, 15) is 0 Å². The summed E-state index contributed by atoms with van der Waals surface area (Å²) in [6, 6.07) is 4.21. The largest absolute Gasteiger partial charge is 0.355 e. The molecule has 0 radical (unpaired) electrons. The quantitative estimate of drug-likeness (QED) is 0.812. The average Bonchev–Trinajstić information content (AvgIpc) is 2.69. The lowest BCUT2D eigenvalue weighted by atomic mass is 10.2. The molecule has 1 aromatic heterocycles. The van der Waals surface area contributed by atoms with Gasteiger partial charge in [-0.2, -0.15) is 5.10 Å². The molecule has 2 rings (SSSR count). The molecule has 1 aliphatic heterocycles. The first-order chi connectivity index (χ1) is 8.90. The second-order valence-electron chi connectivity index (χ2n) is 4.96. The number of nitrogens with one attached hydrogen (secondary N) is 1. The van der Waals surface area contributed by atoms with Gasteiger partial charge >= 0.3 is 0 Å². The minimum Gasteiger partial charge on any atom is -0.355 e. The molecule has 0 saturated carbocycles. The van der Waals surface area contributed by atoms with E-state index >= 15 is 0 Å². The minimum atomic E-state index is 0.821. The molecule has 1 fully saturated rings. The Bertz CT molecular complexity index is 328. The summed E-state index contributed by atoms with van der Waals surface area (Å²) in [5.74, 6) is 1.04. The smallest absolute Gasteiger partial charge is 0.151 e. The summed E-state index contributed by atoms with van der Waals surface area (Å²) in [6.07, 6.45) is 6.41. The first-order valence-corrected chi connectivity index (χ1v) is 7.18. The molecule has 1 aromatic rings. The van der Waals surface area contributed by atoms with Crippen LogP contribution in [0.15, 0.2) is 12.1 Å². The van der Waals surface area contributed by atoms with E-state index in [4.69, 9.17) is 0 Å². The Balaban J connectivity index is 1.89. The first-order valence-electron chi connectivity index (χ1n) is 7.18. The fraction of sp³-hybridized carbons (Fsp3) is 0.714. The van der Waals surface area contributed by atoms with Crippen LogP contribution < -0.4 is 10.2 Å². The summed E-state index contributed by atoms with van der Waals surface area (Å²) in [4.78, 5) is 2.36. The van der Waals surface area contributed by atoms with E-state index in [2.05, 4.69) is 39.5 Å². The van der Waals surface area contributed by atoms with Crippen molar-refractivity contribution in [3.8, 4) is 0 Å². The van der Waals surface area contributed by atoms with Crippen molar-refractivity contribution < 1.29 is 0 Å². The second kappa shape index (κ2) is 7.31. The van der Waals surface area contributed by atoms with Crippen molar-refractivity contribution in [3.63, 3.8) is 0 Å². The number of rotatable bonds is 5. The minimum absolute atomic E-state index is 0.821. The molecule has 2 heterocycles. The molecule has 0 amide bonds. The summed E-state index contributed by atoms with van der Waals surface area (Å²) in [7, 11) is 0. The van der Waals surface area contributed by atoms with E-state index in [0.29, 0.717) is 0 Å². The number of anilines is 1. The Morgan fingerprint density at radius 1 is 1.11 bits per heavy atom. The van der Waals surface area contributed by atoms with E-state index < -0.39 is 0 Å². The number of aromatic nitrogens is 2. The SMILES string of the molecule is CCCNCc1ccc(N2CCCCCC2)nn1. The van der Waals surface area contributed by atoms with Gasteiger partial charge in [0.1, 0.15) is 0 Å². The van der Waals surface area contributed by atoms with E-state index in [1.165, 1.54) is 25.7 Å². The summed E-state index contributed by atoms with van der Waals surface area (Å²) < 4.78 is 0. The molecule has 0 unspecified atom stereocenters. The molecular formula is C14H24N4. The molecule has 0 aromatic carbocycles. The predicted molar refractivity (Wildman–Crippen MR) is 74.7 cm³/mol. The van der Waals surface area contributed by atoms with Gasteiger partial charge in [0.25, 0.3) is 0 Å². The van der Waals surface area contributed by atoms with Crippen LogP contribution in [0.4, 0.5) is 5.82 Å². The summed E-state index contributed by atoms with van der Waals surface area (Å²) in [6.45, 7) is 6.28. The van der Waals surface area contributed by atoms with E-state index in [0.717, 1.165) is 44.1 Å². The number of hydrogen-bond acceptors (Lipinski definition) is 4. The molecule has 1 aliphatic rings. The highest BCUT2D eigenvalue weighted by Gasteiger charge is 2.11. The highest BCUT2D eigenvalue weighted by Crippen LogP contribution is 2.16. The summed E-state index contributed by atoms with van der Waals surface area (Å²) in [5.41, 5.74) is 1.03. The topological polar surface area (TPSA) is 41.0 Å². The van der Waals surface area contributed by atoms with Crippen molar-refractivity contribution in [2.45, 2.75) is 45.6 Å². The fourth-order valence-electron chi connectivity index (χ4n) is 2.31. The van der Waals surface area contributed by atoms with Gasteiger partial charge in [-0.3, -0.25) is 0 Å². The van der Waals surface area contributed by atoms with Crippen molar-refractivity contribution in [1.29, 1.82) is 0 Å². The molecule has 4 nitrogen and oxygen atoms in total. The average molecular weight is 248 g/mol. The molecule has 4 heteroatoms. The van der Waals surface area contributed by atoms with Crippen molar-refractivity contribution in [1.82, 2.24) is 15.5 Å². The van der Waals surface area contributed by atoms with E-state index in [-0.39, 0.29) is 0 Å². The second-order valence-corrected chi connectivity index (χ2v) is 4.96. The highest BCUT2D eigenvalue weighted by molar-refractivity contribution is 5.37. The van der Waals surface area contributed by atoms with Crippen LogP contribution in [0.1, 0.15) is 44.7 Å². The lowest BCUT2D eigenvalue weighted by Crippen LogP contribution is -2.25. The lowest BCUT2D eigenvalue weighted by Gasteiger charge is -2.20. The van der Waals surface area contributed by atoms with Gasteiger partial charge in [0.2, 0.25) is 0 Å². The number of nitrogens with zero attached hydrogens (tertiary/aromatic N) is 3. The van der Waals surface area contributed by atoms with Crippen LogP contribution in [0.5, 0.6) is 0 Å². The van der Waals surface area contributed by atoms with Crippen LogP contribution in [0, 0.1) is 0 Å². The monoisotopic (exact) mass is 248 g/mol. The third-order valence-corrected chi connectivity index (χ3v) is 3.37. The van der Waals surface area contributed by atoms with Gasteiger partial charge in [-0.25, -0.2) is 0 Å². The molecule has 100 valence electrons. The van der Waals surface area contributed by atoms with Crippen molar-refractivity contribution in [2.24, 2.45) is 0 Å². The third-order valence-electron chi connectivity index (χ3n) is 3.37. The predicted octanol–water partition coefficient (Wildman–Crippen LogP) is 2.36. The van der Waals surface area contributed by atoms with Crippen molar-refractivity contribution in [3.05, 3.63) is 17.8 Å². The fourth-order valence-corrected chi connectivity index (χ4v) is 2.31. The Labute approximate surface area is 110 Å². The maximum atomic E-state index is 4.36. The van der Waals surface area contributed by atoms with Gasteiger partial charge in [0.05, 0.1) is 5.69 Å². The molecule has 0 bridgehead atoms. The lowest BCUT2D eigenvalue weighted by molar-refractivity contribution is 0.654. The normalized spacial score (nSPS) is 16.6. The zero-order valence-corrected chi connectivity index (χ0v) is 11.4. The third kappa shape index (κ3) is 3.95. The van der Waals surface area contributed by atoms with Crippen LogP contribution in [0.25, 0.3) is 0 Å². The van der Waals surface area contributed by atoms with Gasteiger partial charge in [0, 0.05) is 19.6 Å². The van der Waals surface area contributed by atoms with E-state index in [1.807, 2.05) is 0 Å². The van der Waals surface area contributed by atoms with Gasteiger partial charge < -0.3 is 10.2 Å². The first kappa shape index (κ1) is 13.3. The molecule has 1 saturated heterocycles. The zero-order chi connectivity index (χ0) is 12.6. The van der Waals surface area contributed by atoms with Gasteiger partial charge in [-0.05, 0) is 37.9 Å². The van der Waals surface area contributed by atoms with Crippen molar-refractivity contribution in [2.75, 3.05) is 24.5 Å². The summed E-state index contributed by atoms with van der Waals surface area (Å²) >= 11 is 0. The Morgan fingerprint density at radius 2 is 1.89 bits per heavy atom. The molecular weight excluding hydrogens is 224 g/mol. The van der Waals surface area contributed by atoms with Crippen LogP contribution in [0.3, 0.4) is 0 Å². The van der Waals surface area contributed by atoms with Crippen LogP contribution in [-0.2, 0) is 6.54 Å². The van der Waals surface area contributed by atoms with Crippen LogP contribution >= 0.6 is 0 Å². The van der Waals surface area contributed by atoms with Gasteiger partial charge in [0.15, 0.2) is 5.82 Å². The molecule has 0 aliphatic carbocycles. The standard InChI is InChI=1S/C14H24N4/c1-2-9-15-12-13-7-8-14(17-16-13)18-10-5-3-4-6-11-18/h7-8,15H,2-6,9-12H2,1H3. The highest BCUT2D eigenvalue weighted by atomic mass is 15.3. The number of hydrogen-bond donors (Lipinski definition) is 1. The Kier molecular flexibility index (Phi) is 5.39. The molecule has 0 atom stereocenters. The van der Waals surface area contributed by atoms with E-state index in [1.54, 1.807) is 0 Å².